The van der Waals surface area contributed by atoms with Crippen molar-refractivity contribution in [3.05, 3.63) is 65.8 Å². The van der Waals surface area contributed by atoms with Gasteiger partial charge in [-0.3, -0.25) is 9.89 Å². The first-order chi connectivity index (χ1) is 17.6. The normalized spacial score (nSPS) is 28.6. The van der Waals surface area contributed by atoms with Gasteiger partial charge in [0.2, 0.25) is 5.65 Å². The molecule has 4 aliphatic rings. The number of benzene rings is 1. The lowest BCUT2D eigenvalue weighted by Crippen LogP contribution is -2.32. The fourth-order valence-corrected chi connectivity index (χ4v) is 6.59. The minimum Gasteiger partial charge on any atom is -0.355 e. The Kier molecular flexibility index (Phi) is 4.58. The molecule has 2 aromatic heterocycles. The van der Waals surface area contributed by atoms with Crippen LogP contribution in [0.1, 0.15) is 31.0 Å². The summed E-state index contributed by atoms with van der Waals surface area (Å²) in [6, 6.07) is 7.23. The van der Waals surface area contributed by atoms with Gasteiger partial charge >= 0.3 is 0 Å². The number of rotatable bonds is 4. The number of aliphatic imine (C=N–C) groups is 2. The van der Waals surface area contributed by atoms with Crippen molar-refractivity contribution in [2.75, 3.05) is 18.0 Å². The number of hydrogen-bond acceptors (Lipinski definition) is 6. The predicted molar refractivity (Wildman–Crippen MR) is 135 cm³/mol. The first-order valence-corrected chi connectivity index (χ1v) is 12.4. The highest BCUT2D eigenvalue weighted by molar-refractivity contribution is 6.21. The Bertz CT molecular complexity index is 1540. The van der Waals surface area contributed by atoms with Gasteiger partial charge in [0, 0.05) is 24.1 Å². The maximum absolute atomic E-state index is 14.7. The second kappa shape index (κ2) is 7.74. The van der Waals surface area contributed by atoms with E-state index in [4.69, 9.17) is 9.97 Å². The number of carbonyl (C=O) groups is 1. The maximum Gasteiger partial charge on any atom is 0.260 e. The molecular weight excluding hydrogens is 457 g/mol. The highest BCUT2D eigenvalue weighted by Crippen LogP contribution is 2.65. The molecule has 7 rings (SSSR count). The average molecular weight is 482 g/mol. The van der Waals surface area contributed by atoms with E-state index in [1.807, 2.05) is 24.3 Å². The van der Waals surface area contributed by atoms with E-state index >= 15 is 0 Å². The van der Waals surface area contributed by atoms with Crippen LogP contribution in [0.15, 0.2) is 58.7 Å². The lowest BCUT2D eigenvalue weighted by atomic mass is 9.88. The Labute approximate surface area is 206 Å². The number of fused-ring (bicyclic) bond motifs is 3. The highest BCUT2D eigenvalue weighted by Gasteiger charge is 2.65. The van der Waals surface area contributed by atoms with Crippen molar-refractivity contribution in [2.45, 2.75) is 25.2 Å². The number of amides is 1. The molecule has 1 unspecified atom stereocenters. The highest BCUT2D eigenvalue weighted by atomic mass is 19.1. The van der Waals surface area contributed by atoms with Gasteiger partial charge in [-0.25, -0.2) is 24.3 Å². The van der Waals surface area contributed by atoms with E-state index < -0.39 is 5.92 Å². The van der Waals surface area contributed by atoms with Gasteiger partial charge in [-0.1, -0.05) is 37.3 Å². The van der Waals surface area contributed by atoms with Gasteiger partial charge in [0.05, 0.1) is 17.6 Å². The molecule has 1 aromatic carbocycles. The van der Waals surface area contributed by atoms with Crippen LogP contribution in [0.3, 0.4) is 0 Å². The van der Waals surface area contributed by atoms with Crippen molar-refractivity contribution in [2.24, 2.45) is 27.7 Å². The van der Waals surface area contributed by atoms with E-state index in [2.05, 4.69) is 32.0 Å². The lowest BCUT2D eigenvalue weighted by Gasteiger charge is -2.26. The Morgan fingerprint density at radius 1 is 1.25 bits per heavy atom. The topological polar surface area (TPSA) is 99.5 Å². The molecule has 1 saturated carbocycles. The molecule has 1 saturated heterocycles. The van der Waals surface area contributed by atoms with Crippen molar-refractivity contribution in [3.63, 3.8) is 0 Å². The monoisotopic (exact) mass is 481 g/mol. The predicted octanol–water partition coefficient (Wildman–Crippen LogP) is 3.88. The fraction of sp³-hybridized carbons (Fsp3) is 0.333. The van der Waals surface area contributed by atoms with Gasteiger partial charge in [-0.15, -0.1) is 0 Å². The standard InChI is InChI=1S/C27H24FN7O/c1-2-27(18-5-3-4-6-20(18)28)17-9-10-35(13-19(17)27)22-12-29-24-23(33-34-25(24)32-22)15-7-8-16-21(11-15)30-14-31-26(16)36/h3-8,11-12,14,16-17,19H,2,9-10,13H2,1H3,(H,32,33,34)/t16?,17-,19+,27-/m1/s1. The summed E-state index contributed by atoms with van der Waals surface area (Å²) in [6.07, 6.45) is 10.6. The number of H-pyrrole nitrogens is 1. The number of piperidine rings is 1. The molecule has 36 heavy (non-hydrogen) atoms. The Hall–Kier alpha value is -4.01. The Balaban J connectivity index is 1.16. The number of anilines is 1. The van der Waals surface area contributed by atoms with Crippen molar-refractivity contribution in [1.29, 1.82) is 0 Å². The molecule has 1 amide bonds. The second-order valence-corrected chi connectivity index (χ2v) is 9.89. The van der Waals surface area contributed by atoms with E-state index in [1.165, 1.54) is 6.34 Å². The first-order valence-electron chi connectivity index (χ1n) is 12.4. The van der Waals surface area contributed by atoms with Crippen LogP contribution in [-0.4, -0.2) is 51.2 Å². The van der Waals surface area contributed by atoms with Crippen molar-refractivity contribution in [1.82, 2.24) is 20.2 Å². The molecule has 0 bridgehead atoms. The smallest absolute Gasteiger partial charge is 0.260 e. The number of hydrogen-bond donors (Lipinski definition) is 1. The quantitative estimate of drug-likeness (QED) is 0.610. The number of allylic oxidation sites excluding steroid dienone is 3. The first kappa shape index (κ1) is 21.3. The summed E-state index contributed by atoms with van der Waals surface area (Å²) in [7, 11) is 0. The van der Waals surface area contributed by atoms with Gasteiger partial charge in [-0.2, -0.15) is 5.10 Å². The van der Waals surface area contributed by atoms with E-state index in [-0.39, 0.29) is 17.1 Å². The van der Waals surface area contributed by atoms with Crippen LogP contribution in [0, 0.1) is 23.6 Å². The summed E-state index contributed by atoms with van der Waals surface area (Å²) in [5, 5.41) is 7.48. The van der Waals surface area contributed by atoms with Crippen LogP contribution in [0.25, 0.3) is 16.7 Å². The molecule has 4 atom stereocenters. The molecule has 3 aromatic rings. The van der Waals surface area contributed by atoms with E-state index in [9.17, 15) is 9.18 Å². The molecule has 0 spiro atoms. The summed E-state index contributed by atoms with van der Waals surface area (Å²) < 4.78 is 14.7. The van der Waals surface area contributed by atoms with Crippen LogP contribution in [0.2, 0.25) is 0 Å². The molecule has 2 aliphatic carbocycles. The van der Waals surface area contributed by atoms with Gasteiger partial charge in [0.1, 0.15) is 29.4 Å². The maximum atomic E-state index is 14.7. The molecule has 2 aliphatic heterocycles. The molecule has 8 nitrogen and oxygen atoms in total. The zero-order valence-electron chi connectivity index (χ0n) is 19.7. The summed E-state index contributed by atoms with van der Waals surface area (Å²) in [6.45, 7) is 3.86. The van der Waals surface area contributed by atoms with Gasteiger partial charge in [-0.05, 0) is 42.4 Å². The zero-order chi connectivity index (χ0) is 24.4. The molecule has 9 heteroatoms. The van der Waals surface area contributed by atoms with Crippen LogP contribution in [0.5, 0.6) is 0 Å². The van der Waals surface area contributed by atoms with E-state index in [0.717, 1.165) is 48.6 Å². The Morgan fingerprint density at radius 2 is 2.14 bits per heavy atom. The lowest BCUT2D eigenvalue weighted by molar-refractivity contribution is -0.118. The third kappa shape index (κ3) is 2.98. The van der Waals surface area contributed by atoms with Crippen molar-refractivity contribution >= 4 is 40.5 Å². The van der Waals surface area contributed by atoms with E-state index in [1.54, 1.807) is 24.4 Å². The second-order valence-electron chi connectivity index (χ2n) is 9.89. The van der Waals surface area contributed by atoms with Gasteiger partial charge in [0.25, 0.3) is 5.91 Å². The Morgan fingerprint density at radius 3 is 3.00 bits per heavy atom. The molecular formula is C27H24FN7O. The average Bonchev–Trinajstić information content (AvgIpc) is 3.36. The minimum absolute atomic E-state index is 0.0945. The molecule has 180 valence electrons. The largest absolute Gasteiger partial charge is 0.355 e. The third-order valence-corrected chi connectivity index (χ3v) is 8.40. The number of aromatic nitrogens is 4. The molecule has 0 radical (unpaired) electrons. The summed E-state index contributed by atoms with van der Waals surface area (Å²) in [5.41, 5.74) is 4.20. The number of nitrogens with one attached hydrogen (secondary N) is 1. The molecule has 1 N–H and O–H groups in total. The summed E-state index contributed by atoms with van der Waals surface area (Å²) >= 11 is 0. The SMILES string of the molecule is CC[C@]1(c2ccccc2F)[C@@H]2CCN(c3cnc4c(C5=CC6=NC=NC(=O)C6C=C5)[nH]nc4n3)C[C@@H]21. The zero-order valence-corrected chi connectivity index (χ0v) is 19.7. The fourth-order valence-electron chi connectivity index (χ4n) is 6.59. The van der Waals surface area contributed by atoms with Crippen molar-refractivity contribution in [3.8, 4) is 0 Å². The van der Waals surface area contributed by atoms with E-state index in [0.29, 0.717) is 28.7 Å². The third-order valence-electron chi connectivity index (χ3n) is 8.40. The summed E-state index contributed by atoms with van der Waals surface area (Å²) in [5.74, 6) is 0.934. The van der Waals surface area contributed by atoms with Crippen LogP contribution in [0.4, 0.5) is 10.2 Å². The number of halogens is 1. The molecule has 2 fully saturated rings. The molecule has 4 heterocycles. The number of aromatic amines is 1. The number of nitrogens with zero attached hydrogens (tertiary/aromatic N) is 6. The number of carbonyl (C=O) groups excluding carboxylic acids is 1. The van der Waals surface area contributed by atoms with Crippen LogP contribution in [-0.2, 0) is 10.2 Å². The van der Waals surface area contributed by atoms with Gasteiger partial charge < -0.3 is 4.90 Å². The van der Waals surface area contributed by atoms with Crippen molar-refractivity contribution < 1.29 is 9.18 Å². The van der Waals surface area contributed by atoms with Crippen LogP contribution >= 0.6 is 0 Å². The van der Waals surface area contributed by atoms with Gasteiger partial charge in [0.15, 0.2) is 0 Å². The van der Waals surface area contributed by atoms with Crippen LogP contribution < -0.4 is 4.90 Å². The summed E-state index contributed by atoms with van der Waals surface area (Å²) in [4.78, 5) is 31.8. The minimum atomic E-state index is -0.435.